The molecule has 1 aromatic carbocycles. The van der Waals surface area contributed by atoms with Crippen LogP contribution in [0.3, 0.4) is 0 Å². The number of aryl methyl sites for hydroxylation is 1. The number of esters is 1. The van der Waals surface area contributed by atoms with E-state index in [-0.39, 0.29) is 11.9 Å². The van der Waals surface area contributed by atoms with Crippen LogP contribution in [0.2, 0.25) is 5.02 Å². The number of methoxy groups -OCH3 is 2. The highest BCUT2D eigenvalue weighted by molar-refractivity contribution is 6.32. The predicted molar refractivity (Wildman–Crippen MR) is 84.1 cm³/mol. The van der Waals surface area contributed by atoms with Crippen molar-refractivity contribution in [2.24, 2.45) is 11.8 Å². The molecule has 1 aliphatic carbocycles. The van der Waals surface area contributed by atoms with Crippen LogP contribution < -0.4 is 4.74 Å². The van der Waals surface area contributed by atoms with Crippen LogP contribution in [0, 0.1) is 25.7 Å². The number of halogens is 1. The lowest BCUT2D eigenvalue weighted by Gasteiger charge is -2.20. The Balaban J connectivity index is 2.18. The van der Waals surface area contributed by atoms with Crippen molar-refractivity contribution in [1.82, 2.24) is 0 Å². The van der Waals surface area contributed by atoms with Crippen molar-refractivity contribution in [2.75, 3.05) is 14.2 Å². The predicted octanol–water partition coefficient (Wildman–Crippen LogP) is 4.27. The van der Waals surface area contributed by atoms with Gasteiger partial charge in [0, 0.05) is 10.6 Å². The van der Waals surface area contributed by atoms with Gasteiger partial charge in [0.05, 0.1) is 20.1 Å². The first-order valence-electron chi connectivity index (χ1n) is 7.32. The third kappa shape index (κ3) is 3.18. The molecule has 1 aromatic rings. The number of carbonyl (C=O) groups excluding carboxylic acids is 1. The second-order valence-corrected chi connectivity index (χ2v) is 6.39. The zero-order valence-electron chi connectivity index (χ0n) is 13.3. The van der Waals surface area contributed by atoms with E-state index in [0.717, 1.165) is 40.3 Å². The van der Waals surface area contributed by atoms with Gasteiger partial charge in [-0.3, -0.25) is 4.79 Å². The van der Waals surface area contributed by atoms with Crippen LogP contribution in [0.4, 0.5) is 0 Å². The Kier molecular flexibility index (Phi) is 4.82. The molecule has 4 heteroatoms. The standard InChI is InChI=1S/C17H23ClO3/c1-9(6-12-8-13(12)17(19)21-5)15-11(3)16(18)10(2)7-14(15)20-4/h7,9,12-13H,6,8H2,1-5H3. The molecule has 0 bridgehead atoms. The molecule has 3 atom stereocenters. The lowest BCUT2D eigenvalue weighted by molar-refractivity contribution is -0.142. The van der Waals surface area contributed by atoms with Gasteiger partial charge in [-0.05, 0) is 55.7 Å². The molecular weight excluding hydrogens is 288 g/mol. The van der Waals surface area contributed by atoms with E-state index in [0.29, 0.717) is 11.8 Å². The Morgan fingerprint density at radius 2 is 2.10 bits per heavy atom. The van der Waals surface area contributed by atoms with Crippen LogP contribution >= 0.6 is 11.6 Å². The molecule has 1 saturated carbocycles. The summed E-state index contributed by atoms with van der Waals surface area (Å²) in [6, 6.07) is 1.99. The fourth-order valence-corrected chi connectivity index (χ4v) is 3.39. The van der Waals surface area contributed by atoms with Gasteiger partial charge < -0.3 is 9.47 Å². The van der Waals surface area contributed by atoms with Gasteiger partial charge in [0.2, 0.25) is 0 Å². The molecule has 0 aromatic heterocycles. The molecule has 0 spiro atoms. The third-order valence-electron chi connectivity index (χ3n) is 4.49. The highest BCUT2D eigenvalue weighted by atomic mass is 35.5. The quantitative estimate of drug-likeness (QED) is 0.762. The van der Waals surface area contributed by atoms with Crippen LogP contribution in [0.25, 0.3) is 0 Å². The normalized spacial score (nSPS) is 21.8. The minimum absolute atomic E-state index is 0.0738. The molecule has 21 heavy (non-hydrogen) atoms. The topological polar surface area (TPSA) is 35.5 Å². The fraction of sp³-hybridized carbons (Fsp3) is 0.588. The summed E-state index contributed by atoms with van der Waals surface area (Å²) in [5, 5.41) is 0.804. The molecule has 0 saturated heterocycles. The molecule has 116 valence electrons. The zero-order valence-corrected chi connectivity index (χ0v) is 14.1. The molecule has 0 heterocycles. The maximum atomic E-state index is 11.5. The van der Waals surface area contributed by atoms with Crippen molar-refractivity contribution in [3.8, 4) is 5.75 Å². The van der Waals surface area contributed by atoms with Gasteiger partial charge in [-0.1, -0.05) is 18.5 Å². The molecule has 1 fully saturated rings. The Morgan fingerprint density at radius 3 is 2.67 bits per heavy atom. The summed E-state index contributed by atoms with van der Waals surface area (Å²) in [7, 11) is 3.14. The largest absolute Gasteiger partial charge is 0.496 e. The van der Waals surface area contributed by atoms with Crippen molar-refractivity contribution < 1.29 is 14.3 Å². The van der Waals surface area contributed by atoms with Crippen molar-refractivity contribution in [2.45, 2.75) is 39.5 Å². The SMILES string of the molecule is COC(=O)C1CC1CC(C)c1c(OC)cc(C)c(Cl)c1C. The van der Waals surface area contributed by atoms with E-state index in [4.69, 9.17) is 21.1 Å². The van der Waals surface area contributed by atoms with E-state index in [2.05, 4.69) is 6.92 Å². The molecular formula is C17H23ClO3. The average molecular weight is 311 g/mol. The number of hydrogen-bond acceptors (Lipinski definition) is 3. The number of ether oxygens (including phenoxy) is 2. The molecule has 3 unspecified atom stereocenters. The van der Waals surface area contributed by atoms with Crippen molar-refractivity contribution in [3.63, 3.8) is 0 Å². The van der Waals surface area contributed by atoms with Crippen molar-refractivity contribution in [3.05, 3.63) is 27.8 Å². The van der Waals surface area contributed by atoms with E-state index < -0.39 is 0 Å². The number of carbonyl (C=O) groups is 1. The number of rotatable bonds is 5. The fourth-order valence-electron chi connectivity index (χ4n) is 3.24. The Labute approximate surface area is 131 Å². The first-order valence-corrected chi connectivity index (χ1v) is 7.69. The monoisotopic (exact) mass is 310 g/mol. The van der Waals surface area contributed by atoms with Gasteiger partial charge in [0.1, 0.15) is 5.75 Å². The average Bonchev–Trinajstić information content (AvgIpc) is 3.22. The first-order chi connectivity index (χ1) is 9.90. The Bertz CT molecular complexity index is 553. The molecule has 2 rings (SSSR count). The lowest BCUT2D eigenvalue weighted by atomic mass is 9.89. The van der Waals surface area contributed by atoms with Gasteiger partial charge in [-0.25, -0.2) is 0 Å². The summed E-state index contributed by atoms with van der Waals surface area (Å²) in [4.78, 5) is 11.5. The molecule has 1 aliphatic rings. The van der Waals surface area contributed by atoms with Crippen LogP contribution in [-0.2, 0) is 9.53 Å². The first kappa shape index (κ1) is 16.2. The second-order valence-electron chi connectivity index (χ2n) is 6.01. The molecule has 0 amide bonds. The summed E-state index contributed by atoms with van der Waals surface area (Å²) in [6.45, 7) is 6.19. The maximum Gasteiger partial charge on any atom is 0.308 e. The van der Waals surface area contributed by atoms with Crippen LogP contribution in [0.5, 0.6) is 5.75 Å². The minimum Gasteiger partial charge on any atom is -0.496 e. The minimum atomic E-state index is -0.0853. The summed E-state index contributed by atoms with van der Waals surface area (Å²) in [5.74, 6) is 1.59. The zero-order chi connectivity index (χ0) is 15.7. The summed E-state index contributed by atoms with van der Waals surface area (Å²) < 4.78 is 10.3. The molecule has 3 nitrogen and oxygen atoms in total. The van der Waals surface area contributed by atoms with E-state index in [1.807, 2.05) is 19.9 Å². The van der Waals surface area contributed by atoms with Crippen molar-refractivity contribution >= 4 is 17.6 Å². The van der Waals surface area contributed by atoms with Gasteiger partial charge in [0.25, 0.3) is 0 Å². The van der Waals surface area contributed by atoms with Gasteiger partial charge in [0.15, 0.2) is 0 Å². The summed E-state index contributed by atoms with van der Waals surface area (Å²) in [6.07, 6.45) is 1.88. The van der Waals surface area contributed by atoms with E-state index in [1.165, 1.54) is 7.11 Å². The molecule has 0 N–H and O–H groups in total. The highest BCUT2D eigenvalue weighted by Gasteiger charge is 2.44. The third-order valence-corrected chi connectivity index (χ3v) is 5.07. The number of benzene rings is 1. The van der Waals surface area contributed by atoms with E-state index >= 15 is 0 Å². The summed E-state index contributed by atoms with van der Waals surface area (Å²) >= 11 is 6.38. The smallest absolute Gasteiger partial charge is 0.308 e. The van der Waals surface area contributed by atoms with Gasteiger partial charge in [-0.15, -0.1) is 0 Å². The molecule has 0 radical (unpaired) electrons. The van der Waals surface area contributed by atoms with Crippen LogP contribution in [0.1, 0.15) is 42.4 Å². The van der Waals surface area contributed by atoms with Crippen molar-refractivity contribution in [1.29, 1.82) is 0 Å². The van der Waals surface area contributed by atoms with Gasteiger partial charge >= 0.3 is 5.97 Å². The van der Waals surface area contributed by atoms with Crippen LogP contribution in [-0.4, -0.2) is 20.2 Å². The summed E-state index contributed by atoms with van der Waals surface area (Å²) in [5.41, 5.74) is 3.26. The van der Waals surface area contributed by atoms with E-state index in [9.17, 15) is 4.79 Å². The van der Waals surface area contributed by atoms with Gasteiger partial charge in [-0.2, -0.15) is 0 Å². The Hall–Kier alpha value is -1.22. The highest BCUT2D eigenvalue weighted by Crippen LogP contribution is 2.48. The van der Waals surface area contributed by atoms with E-state index in [1.54, 1.807) is 7.11 Å². The molecule has 0 aliphatic heterocycles. The van der Waals surface area contributed by atoms with Crippen LogP contribution in [0.15, 0.2) is 6.07 Å². The number of hydrogen-bond donors (Lipinski definition) is 0. The second kappa shape index (κ2) is 6.27. The Morgan fingerprint density at radius 1 is 1.43 bits per heavy atom. The maximum absolute atomic E-state index is 11.5. The lowest BCUT2D eigenvalue weighted by Crippen LogP contribution is -2.07.